The van der Waals surface area contributed by atoms with Crippen LogP contribution in [-0.4, -0.2) is 12.9 Å². The molecule has 4 rings (SSSR count). The summed E-state index contributed by atoms with van der Waals surface area (Å²) in [5.41, 5.74) is 6.00. The molecule has 0 amide bonds. The van der Waals surface area contributed by atoms with Gasteiger partial charge in [0, 0.05) is 35.4 Å². The fraction of sp³-hybridized carbons (Fsp3) is 0.242. The highest BCUT2D eigenvalue weighted by Gasteiger charge is 2.20. The first kappa shape index (κ1) is 25.2. The van der Waals surface area contributed by atoms with E-state index in [4.69, 9.17) is 4.74 Å². The van der Waals surface area contributed by atoms with Crippen molar-refractivity contribution in [2.24, 2.45) is 5.92 Å². The van der Waals surface area contributed by atoms with E-state index in [1.165, 1.54) is 16.3 Å². The van der Waals surface area contributed by atoms with E-state index in [0.29, 0.717) is 24.5 Å². The van der Waals surface area contributed by atoms with Crippen LogP contribution >= 0.6 is 0 Å². The molecule has 0 saturated heterocycles. The monoisotopic (exact) mass is 477 g/mol. The molecule has 0 spiro atoms. The van der Waals surface area contributed by atoms with Crippen molar-refractivity contribution in [2.45, 2.75) is 39.5 Å². The maximum Gasteiger partial charge on any atom is 0.150 e. The molecule has 1 N–H and O–H groups in total. The Kier molecular flexibility index (Phi) is 8.22. The van der Waals surface area contributed by atoms with Gasteiger partial charge in [0.25, 0.3) is 0 Å². The molecule has 0 radical (unpaired) electrons. The molecule has 0 fully saturated rings. The highest BCUT2D eigenvalue weighted by Crippen LogP contribution is 2.37. The molecule has 0 bridgehead atoms. The number of anilines is 1. The van der Waals surface area contributed by atoms with Crippen LogP contribution in [0.3, 0.4) is 0 Å². The van der Waals surface area contributed by atoms with Crippen molar-refractivity contribution in [3.05, 3.63) is 119 Å². The molecule has 0 aliphatic carbocycles. The number of ether oxygens (including phenoxy) is 1. The van der Waals surface area contributed by atoms with E-state index in [2.05, 4.69) is 74.3 Å². The fourth-order valence-electron chi connectivity index (χ4n) is 4.84. The number of hydrogen-bond acceptors (Lipinski definition) is 3. The van der Waals surface area contributed by atoms with E-state index in [0.717, 1.165) is 41.0 Å². The van der Waals surface area contributed by atoms with E-state index in [-0.39, 0.29) is 5.92 Å². The first-order chi connectivity index (χ1) is 17.5. The van der Waals surface area contributed by atoms with Crippen molar-refractivity contribution in [1.82, 2.24) is 0 Å². The van der Waals surface area contributed by atoms with Crippen LogP contribution in [-0.2, 0) is 6.42 Å². The lowest BCUT2D eigenvalue weighted by molar-refractivity contribution is 0.112. The van der Waals surface area contributed by atoms with Crippen LogP contribution < -0.4 is 10.1 Å². The van der Waals surface area contributed by atoms with Crippen molar-refractivity contribution < 1.29 is 9.53 Å². The Morgan fingerprint density at radius 2 is 1.69 bits per heavy atom. The molecule has 36 heavy (non-hydrogen) atoms. The van der Waals surface area contributed by atoms with E-state index >= 15 is 0 Å². The van der Waals surface area contributed by atoms with Crippen molar-refractivity contribution in [1.29, 1.82) is 0 Å². The number of rotatable bonds is 11. The molecule has 0 heterocycles. The number of allylic oxidation sites excluding steroid dienone is 1. The Morgan fingerprint density at radius 3 is 2.47 bits per heavy atom. The number of carbonyl (C=O) groups is 1. The molecule has 3 nitrogen and oxygen atoms in total. The summed E-state index contributed by atoms with van der Waals surface area (Å²) in [4.78, 5) is 11.6. The Balaban J connectivity index is 1.72. The number of aldehydes is 1. The normalized spacial score (nSPS) is 11.9. The Morgan fingerprint density at radius 1 is 0.944 bits per heavy atom. The van der Waals surface area contributed by atoms with Gasteiger partial charge in [-0.05, 0) is 52.8 Å². The van der Waals surface area contributed by atoms with E-state index in [1.54, 1.807) is 0 Å². The highest BCUT2D eigenvalue weighted by atomic mass is 16.5. The van der Waals surface area contributed by atoms with Crippen LogP contribution in [0.1, 0.15) is 60.2 Å². The van der Waals surface area contributed by atoms with Crippen LogP contribution in [0, 0.1) is 5.92 Å². The summed E-state index contributed by atoms with van der Waals surface area (Å²) < 4.78 is 5.82. The Hall–Kier alpha value is -3.85. The summed E-state index contributed by atoms with van der Waals surface area (Å²) >= 11 is 0. The lowest BCUT2D eigenvalue weighted by Crippen LogP contribution is -2.14. The largest absolute Gasteiger partial charge is 0.494 e. The third kappa shape index (κ3) is 5.85. The van der Waals surface area contributed by atoms with Gasteiger partial charge in [-0.2, -0.15) is 0 Å². The third-order valence-electron chi connectivity index (χ3n) is 6.58. The smallest absolute Gasteiger partial charge is 0.150 e. The van der Waals surface area contributed by atoms with Crippen LogP contribution in [0.15, 0.2) is 97.2 Å². The zero-order valence-electron chi connectivity index (χ0n) is 21.5. The van der Waals surface area contributed by atoms with Gasteiger partial charge >= 0.3 is 0 Å². The number of nitrogens with one attached hydrogen (secondary N) is 1. The molecule has 1 unspecified atom stereocenters. The Bertz CT molecular complexity index is 1350. The van der Waals surface area contributed by atoms with Gasteiger partial charge in [-0.1, -0.05) is 93.2 Å². The minimum Gasteiger partial charge on any atom is -0.494 e. The predicted octanol–water partition coefficient (Wildman–Crippen LogP) is 8.40. The summed E-state index contributed by atoms with van der Waals surface area (Å²) in [5, 5.41) is 6.17. The van der Waals surface area contributed by atoms with Gasteiger partial charge in [-0.3, -0.25) is 4.79 Å². The lowest BCUT2D eigenvalue weighted by atomic mass is 9.85. The lowest BCUT2D eigenvalue weighted by Gasteiger charge is -2.26. The molecule has 4 aromatic rings. The summed E-state index contributed by atoms with van der Waals surface area (Å²) in [7, 11) is 0. The molecule has 3 heteroatoms. The summed E-state index contributed by atoms with van der Waals surface area (Å²) in [5.74, 6) is 1.45. The number of fused-ring (bicyclic) bond motifs is 1. The first-order valence-electron chi connectivity index (χ1n) is 12.7. The van der Waals surface area contributed by atoms with Gasteiger partial charge in [0.1, 0.15) is 12.0 Å². The zero-order chi connectivity index (χ0) is 25.5. The molecule has 1 atom stereocenters. The SMILES string of the molecule is C=C(Nc1cc(OCC)ccc1Cc1ccccc1C=O)C(CC(C)C)c1cccc2ccccc12. The van der Waals surface area contributed by atoms with Crippen molar-refractivity contribution >= 4 is 22.7 Å². The Labute approximate surface area is 214 Å². The minimum absolute atomic E-state index is 0.141. The van der Waals surface area contributed by atoms with Crippen LogP contribution in [0.25, 0.3) is 10.8 Å². The third-order valence-corrected chi connectivity index (χ3v) is 6.58. The second-order valence-corrected chi connectivity index (χ2v) is 9.65. The van der Waals surface area contributed by atoms with Gasteiger partial charge in [-0.25, -0.2) is 0 Å². The van der Waals surface area contributed by atoms with Gasteiger partial charge in [-0.15, -0.1) is 0 Å². The molecule has 0 aliphatic rings. The van der Waals surface area contributed by atoms with E-state index < -0.39 is 0 Å². The van der Waals surface area contributed by atoms with Crippen molar-refractivity contribution in [3.63, 3.8) is 0 Å². The highest BCUT2D eigenvalue weighted by molar-refractivity contribution is 5.86. The van der Waals surface area contributed by atoms with Gasteiger partial charge < -0.3 is 10.1 Å². The molecule has 4 aromatic carbocycles. The van der Waals surface area contributed by atoms with Crippen molar-refractivity contribution in [2.75, 3.05) is 11.9 Å². The molecular weight excluding hydrogens is 442 g/mol. The summed E-state index contributed by atoms with van der Waals surface area (Å²) in [6.07, 6.45) is 2.55. The number of benzene rings is 4. The quantitative estimate of drug-likeness (QED) is 0.220. The second-order valence-electron chi connectivity index (χ2n) is 9.65. The van der Waals surface area contributed by atoms with Gasteiger partial charge in [0.15, 0.2) is 0 Å². The second kappa shape index (κ2) is 11.7. The maximum atomic E-state index is 11.6. The number of carbonyl (C=O) groups excluding carboxylic acids is 1. The minimum atomic E-state index is 0.141. The molecule has 0 saturated carbocycles. The average Bonchev–Trinajstić information content (AvgIpc) is 2.89. The predicted molar refractivity (Wildman–Crippen MR) is 151 cm³/mol. The fourth-order valence-corrected chi connectivity index (χ4v) is 4.84. The molecule has 0 aliphatic heterocycles. The number of hydrogen-bond donors (Lipinski definition) is 1. The van der Waals surface area contributed by atoms with Crippen LogP contribution in [0.4, 0.5) is 5.69 Å². The zero-order valence-corrected chi connectivity index (χ0v) is 21.5. The van der Waals surface area contributed by atoms with Crippen molar-refractivity contribution in [3.8, 4) is 5.75 Å². The summed E-state index contributed by atoms with van der Waals surface area (Å²) in [6.45, 7) is 11.6. The van der Waals surface area contributed by atoms with E-state index in [1.807, 2.05) is 43.3 Å². The molecular formula is C33H35NO2. The topological polar surface area (TPSA) is 38.3 Å². The van der Waals surface area contributed by atoms with Gasteiger partial charge in [0.2, 0.25) is 0 Å². The van der Waals surface area contributed by atoms with E-state index in [9.17, 15) is 4.79 Å². The molecule has 0 aromatic heterocycles. The molecule has 184 valence electrons. The average molecular weight is 478 g/mol. The standard InChI is InChI=1S/C33H35NO2/c1-5-36-29-18-17-27(20-26-12-6-7-13-28(26)22-35)33(21-29)34-24(4)32(19-23(2)3)31-16-10-14-25-11-8-9-15-30(25)31/h6-18,21-23,32,34H,4-5,19-20H2,1-3H3. The summed E-state index contributed by atoms with van der Waals surface area (Å²) in [6, 6.07) is 28.9. The first-order valence-corrected chi connectivity index (χ1v) is 12.7. The van der Waals surface area contributed by atoms with Crippen LogP contribution in [0.2, 0.25) is 0 Å². The van der Waals surface area contributed by atoms with Gasteiger partial charge in [0.05, 0.1) is 6.61 Å². The van der Waals surface area contributed by atoms with Crippen LogP contribution in [0.5, 0.6) is 5.75 Å². The maximum absolute atomic E-state index is 11.6.